The highest BCUT2D eigenvalue weighted by molar-refractivity contribution is 6.17. The average molecular weight is 297 g/mol. The highest BCUT2D eigenvalue weighted by Crippen LogP contribution is 2.31. The molecule has 0 aliphatic heterocycles. The van der Waals surface area contributed by atoms with Crippen molar-refractivity contribution in [1.82, 2.24) is 0 Å². The number of alkyl halides is 1. The first-order valence-electron chi connectivity index (χ1n) is 5.91. The van der Waals surface area contributed by atoms with Gasteiger partial charge in [0.15, 0.2) is 0 Å². The summed E-state index contributed by atoms with van der Waals surface area (Å²) in [7, 11) is 3.10. The van der Waals surface area contributed by atoms with Crippen LogP contribution in [0.5, 0.6) is 23.0 Å². The van der Waals surface area contributed by atoms with E-state index in [-0.39, 0.29) is 5.88 Å². The van der Waals surface area contributed by atoms with Crippen LogP contribution in [0.3, 0.4) is 0 Å². The largest absolute Gasteiger partial charge is 0.496 e. The lowest BCUT2D eigenvalue weighted by molar-refractivity contribution is 0.386. The van der Waals surface area contributed by atoms with E-state index in [4.69, 9.17) is 25.8 Å². The van der Waals surface area contributed by atoms with Crippen LogP contribution >= 0.6 is 11.6 Å². The van der Waals surface area contributed by atoms with Crippen LogP contribution in [-0.4, -0.2) is 14.2 Å². The van der Waals surface area contributed by atoms with Gasteiger partial charge >= 0.3 is 0 Å². The smallest absolute Gasteiger partial charge is 0.134 e. The minimum atomic E-state index is -0.395. The van der Waals surface area contributed by atoms with Crippen molar-refractivity contribution < 1.29 is 18.6 Å². The Hall–Kier alpha value is -1.94. The number of ether oxygens (including phenoxy) is 3. The van der Waals surface area contributed by atoms with Gasteiger partial charge in [-0.05, 0) is 17.7 Å². The van der Waals surface area contributed by atoms with Crippen molar-refractivity contribution in [3.8, 4) is 23.0 Å². The van der Waals surface area contributed by atoms with Gasteiger partial charge in [0.25, 0.3) is 0 Å². The number of hydrogen-bond acceptors (Lipinski definition) is 3. The number of hydrogen-bond donors (Lipinski definition) is 0. The molecule has 106 valence electrons. The van der Waals surface area contributed by atoms with Crippen molar-refractivity contribution in [2.75, 3.05) is 14.2 Å². The Morgan fingerprint density at radius 3 is 1.95 bits per heavy atom. The third kappa shape index (κ3) is 3.54. The van der Waals surface area contributed by atoms with E-state index in [1.54, 1.807) is 38.5 Å². The second-order valence-electron chi connectivity index (χ2n) is 4.08. The monoisotopic (exact) mass is 296 g/mol. The second-order valence-corrected chi connectivity index (χ2v) is 4.35. The van der Waals surface area contributed by atoms with Crippen molar-refractivity contribution in [2.45, 2.75) is 5.88 Å². The summed E-state index contributed by atoms with van der Waals surface area (Å²) in [5.41, 5.74) is 0.650. The normalized spacial score (nSPS) is 10.2. The van der Waals surface area contributed by atoms with Crippen molar-refractivity contribution in [2.24, 2.45) is 0 Å². The van der Waals surface area contributed by atoms with Crippen LogP contribution in [0.25, 0.3) is 0 Å². The van der Waals surface area contributed by atoms with Gasteiger partial charge in [0.2, 0.25) is 0 Å². The van der Waals surface area contributed by atoms with E-state index in [9.17, 15) is 4.39 Å². The van der Waals surface area contributed by atoms with E-state index < -0.39 is 5.82 Å². The van der Waals surface area contributed by atoms with Gasteiger partial charge in [-0.15, -0.1) is 11.6 Å². The van der Waals surface area contributed by atoms with E-state index in [0.29, 0.717) is 28.6 Å². The zero-order valence-corrected chi connectivity index (χ0v) is 11.9. The summed E-state index contributed by atoms with van der Waals surface area (Å²) in [6.45, 7) is 0. The van der Waals surface area contributed by atoms with Crippen molar-refractivity contribution in [3.63, 3.8) is 0 Å². The minimum Gasteiger partial charge on any atom is -0.496 e. The van der Waals surface area contributed by atoms with Crippen LogP contribution in [-0.2, 0) is 5.88 Å². The second kappa shape index (κ2) is 6.48. The van der Waals surface area contributed by atoms with Crippen LogP contribution in [0.15, 0.2) is 36.4 Å². The molecule has 0 unspecified atom stereocenters. The maximum atomic E-state index is 13.4. The highest BCUT2D eigenvalue weighted by Gasteiger charge is 2.06. The third-order valence-electron chi connectivity index (χ3n) is 2.65. The molecule has 20 heavy (non-hydrogen) atoms. The molecule has 2 aromatic carbocycles. The molecule has 0 spiro atoms. The summed E-state index contributed by atoms with van der Waals surface area (Å²) in [5.74, 6) is 1.87. The number of rotatable bonds is 5. The standard InChI is InChI=1S/C15H14ClFO3/c1-18-12-6-13(19-2)8-15(7-12)20-14-4-10(9-16)3-11(17)5-14/h3-8H,9H2,1-2H3. The van der Waals surface area contributed by atoms with Gasteiger partial charge in [0.05, 0.1) is 14.2 Å². The molecule has 0 aliphatic carbocycles. The Kier molecular flexibility index (Phi) is 4.69. The van der Waals surface area contributed by atoms with Crippen LogP contribution in [0.1, 0.15) is 5.56 Å². The Morgan fingerprint density at radius 2 is 1.40 bits per heavy atom. The van der Waals surface area contributed by atoms with E-state index in [2.05, 4.69) is 0 Å². The molecule has 0 radical (unpaired) electrons. The molecule has 3 nitrogen and oxygen atoms in total. The fraction of sp³-hybridized carbons (Fsp3) is 0.200. The molecule has 0 heterocycles. The topological polar surface area (TPSA) is 27.7 Å². The molecule has 2 rings (SSSR count). The van der Waals surface area contributed by atoms with Gasteiger partial charge in [0, 0.05) is 30.1 Å². The van der Waals surface area contributed by atoms with Gasteiger partial charge in [-0.1, -0.05) is 0 Å². The van der Waals surface area contributed by atoms with Crippen molar-refractivity contribution in [3.05, 3.63) is 47.8 Å². The molecule has 0 fully saturated rings. The first-order chi connectivity index (χ1) is 9.64. The van der Waals surface area contributed by atoms with Gasteiger partial charge in [-0.25, -0.2) is 4.39 Å². The summed E-state index contributed by atoms with van der Waals surface area (Å²) in [4.78, 5) is 0. The first kappa shape index (κ1) is 14.5. The van der Waals surface area contributed by atoms with Crippen LogP contribution < -0.4 is 14.2 Å². The summed E-state index contributed by atoms with van der Waals surface area (Å²) >= 11 is 5.71. The average Bonchev–Trinajstić information content (AvgIpc) is 2.46. The zero-order chi connectivity index (χ0) is 14.5. The molecule has 0 bridgehead atoms. The third-order valence-corrected chi connectivity index (χ3v) is 2.95. The van der Waals surface area contributed by atoms with Gasteiger partial charge < -0.3 is 14.2 Å². The van der Waals surface area contributed by atoms with Gasteiger partial charge in [-0.2, -0.15) is 0 Å². The molecule has 5 heteroatoms. The van der Waals surface area contributed by atoms with Gasteiger partial charge in [-0.3, -0.25) is 0 Å². The number of halogens is 2. The summed E-state index contributed by atoms with van der Waals surface area (Å²) in [6.07, 6.45) is 0. The summed E-state index contributed by atoms with van der Waals surface area (Å²) in [5, 5.41) is 0. The lowest BCUT2D eigenvalue weighted by atomic mass is 10.2. The lowest BCUT2D eigenvalue weighted by Crippen LogP contribution is -1.91. The molecular weight excluding hydrogens is 283 g/mol. The maximum Gasteiger partial charge on any atom is 0.134 e. The number of benzene rings is 2. The van der Waals surface area contributed by atoms with Crippen LogP contribution in [0, 0.1) is 5.82 Å². The van der Waals surface area contributed by atoms with Crippen LogP contribution in [0.4, 0.5) is 4.39 Å². The van der Waals surface area contributed by atoms with E-state index >= 15 is 0 Å². The maximum absolute atomic E-state index is 13.4. The number of methoxy groups -OCH3 is 2. The fourth-order valence-electron chi connectivity index (χ4n) is 1.73. The van der Waals surface area contributed by atoms with Crippen LogP contribution in [0.2, 0.25) is 0 Å². The van der Waals surface area contributed by atoms with Crippen molar-refractivity contribution >= 4 is 11.6 Å². The van der Waals surface area contributed by atoms with Gasteiger partial charge in [0.1, 0.15) is 28.8 Å². The first-order valence-corrected chi connectivity index (χ1v) is 6.44. The molecule has 0 amide bonds. The quantitative estimate of drug-likeness (QED) is 0.767. The summed E-state index contributed by atoms with van der Waals surface area (Å²) in [6, 6.07) is 9.44. The van der Waals surface area contributed by atoms with E-state index in [1.165, 1.54) is 12.1 Å². The Balaban J connectivity index is 2.31. The van der Waals surface area contributed by atoms with E-state index in [1.807, 2.05) is 0 Å². The lowest BCUT2D eigenvalue weighted by Gasteiger charge is -2.10. The predicted octanol–water partition coefficient (Wildman–Crippen LogP) is 4.37. The Morgan fingerprint density at radius 1 is 0.850 bits per heavy atom. The molecule has 0 saturated carbocycles. The zero-order valence-electron chi connectivity index (χ0n) is 11.2. The molecule has 0 atom stereocenters. The van der Waals surface area contributed by atoms with E-state index in [0.717, 1.165) is 0 Å². The fourth-order valence-corrected chi connectivity index (χ4v) is 1.89. The Labute approximate surface area is 121 Å². The predicted molar refractivity (Wildman–Crippen MR) is 75.6 cm³/mol. The van der Waals surface area contributed by atoms with Crippen molar-refractivity contribution in [1.29, 1.82) is 0 Å². The Bertz CT molecular complexity index is 579. The molecule has 0 N–H and O–H groups in total. The molecule has 2 aromatic rings. The minimum absolute atomic E-state index is 0.218. The molecule has 0 aliphatic rings. The molecule has 0 aromatic heterocycles. The molecule has 0 saturated heterocycles. The highest BCUT2D eigenvalue weighted by atomic mass is 35.5. The summed E-state index contributed by atoms with van der Waals surface area (Å²) < 4.78 is 29.3. The SMILES string of the molecule is COc1cc(OC)cc(Oc2cc(F)cc(CCl)c2)c1. The molecular formula is C15H14ClFO3.